The molecular weight excluding hydrogens is 373 g/mol. The molecule has 0 spiro atoms. The maximum absolute atomic E-state index is 14.0. The second-order valence-electron chi connectivity index (χ2n) is 6.94. The van der Waals surface area contributed by atoms with Crippen LogP contribution >= 0.6 is 0 Å². The Kier molecular flexibility index (Phi) is 5.84. The van der Waals surface area contributed by atoms with Gasteiger partial charge >= 0.3 is 0 Å². The van der Waals surface area contributed by atoms with Crippen molar-refractivity contribution in [2.75, 3.05) is 13.2 Å². The molecular formula is C22H22FN3O3. The van der Waals surface area contributed by atoms with Crippen LogP contribution in [0.4, 0.5) is 4.39 Å². The number of rotatable bonds is 7. The highest BCUT2D eigenvalue weighted by Crippen LogP contribution is 2.33. The first-order valence-electron chi connectivity index (χ1n) is 9.78. The van der Waals surface area contributed by atoms with Gasteiger partial charge in [0, 0.05) is 13.0 Å². The van der Waals surface area contributed by atoms with Crippen molar-refractivity contribution in [3.63, 3.8) is 0 Å². The lowest BCUT2D eigenvalue weighted by molar-refractivity contribution is -0.132. The lowest BCUT2D eigenvalue weighted by Crippen LogP contribution is -2.30. The monoisotopic (exact) mass is 395 g/mol. The van der Waals surface area contributed by atoms with Crippen LogP contribution in [0.25, 0.3) is 11.5 Å². The normalized spacial score (nSPS) is 16.2. The minimum Gasteiger partial charge on any atom is -0.494 e. The number of benzene rings is 2. The van der Waals surface area contributed by atoms with E-state index in [-0.39, 0.29) is 23.4 Å². The van der Waals surface area contributed by atoms with E-state index in [0.717, 1.165) is 18.6 Å². The van der Waals surface area contributed by atoms with Gasteiger partial charge in [0.05, 0.1) is 12.2 Å². The third-order valence-corrected chi connectivity index (χ3v) is 4.95. The number of halogens is 1. The molecule has 0 aliphatic carbocycles. The van der Waals surface area contributed by atoms with Crippen molar-refractivity contribution in [3.05, 3.63) is 66.3 Å². The highest BCUT2D eigenvalue weighted by Gasteiger charge is 2.33. The molecule has 1 aliphatic heterocycles. The number of hydrogen-bond acceptors (Lipinski definition) is 5. The van der Waals surface area contributed by atoms with Crippen LogP contribution in [0.2, 0.25) is 0 Å². The van der Waals surface area contributed by atoms with Gasteiger partial charge in [0.2, 0.25) is 11.8 Å². The third kappa shape index (κ3) is 4.45. The molecule has 1 unspecified atom stereocenters. The molecule has 7 heteroatoms. The van der Waals surface area contributed by atoms with Crippen molar-refractivity contribution in [2.45, 2.75) is 31.7 Å². The number of para-hydroxylation sites is 1. The van der Waals surface area contributed by atoms with Crippen LogP contribution in [0.15, 0.2) is 59.0 Å². The van der Waals surface area contributed by atoms with Gasteiger partial charge in [-0.1, -0.05) is 30.3 Å². The number of likely N-dealkylation sites (tertiary alicyclic amines) is 1. The van der Waals surface area contributed by atoms with Gasteiger partial charge in [0.25, 0.3) is 5.89 Å². The van der Waals surface area contributed by atoms with Gasteiger partial charge < -0.3 is 14.1 Å². The van der Waals surface area contributed by atoms with Crippen LogP contribution in [0.1, 0.15) is 37.6 Å². The Hall–Kier alpha value is -3.22. The number of nitrogens with zero attached hydrogens (tertiary/aromatic N) is 3. The molecule has 0 radical (unpaired) electrons. The maximum Gasteiger partial charge on any atom is 0.250 e. The van der Waals surface area contributed by atoms with Crippen molar-refractivity contribution < 1.29 is 18.3 Å². The maximum atomic E-state index is 14.0. The first-order chi connectivity index (χ1) is 14.2. The lowest BCUT2D eigenvalue weighted by Gasteiger charge is -2.22. The van der Waals surface area contributed by atoms with Gasteiger partial charge in [0.1, 0.15) is 17.6 Å². The zero-order chi connectivity index (χ0) is 20.1. The number of carbonyl (C=O) groups is 1. The molecule has 1 aromatic heterocycles. The van der Waals surface area contributed by atoms with Crippen molar-refractivity contribution in [1.82, 2.24) is 15.1 Å². The molecule has 0 saturated carbocycles. The number of aromatic nitrogens is 2. The highest BCUT2D eigenvalue weighted by molar-refractivity contribution is 5.76. The van der Waals surface area contributed by atoms with Gasteiger partial charge in [-0.2, -0.15) is 0 Å². The minimum absolute atomic E-state index is 0.0369. The molecule has 150 valence electrons. The van der Waals surface area contributed by atoms with Crippen LogP contribution in [0.5, 0.6) is 5.75 Å². The summed E-state index contributed by atoms with van der Waals surface area (Å²) in [6, 6.07) is 15.5. The largest absolute Gasteiger partial charge is 0.494 e. The molecule has 2 aromatic carbocycles. The van der Waals surface area contributed by atoms with E-state index in [1.54, 1.807) is 23.1 Å². The van der Waals surface area contributed by atoms with Crippen LogP contribution in [0.3, 0.4) is 0 Å². The number of ether oxygens (including phenoxy) is 1. The molecule has 3 aromatic rings. The molecule has 1 amide bonds. The molecule has 1 saturated heterocycles. The van der Waals surface area contributed by atoms with E-state index < -0.39 is 5.82 Å². The van der Waals surface area contributed by atoms with Gasteiger partial charge in [-0.05, 0) is 43.5 Å². The molecule has 1 atom stereocenters. The molecule has 1 aliphatic rings. The summed E-state index contributed by atoms with van der Waals surface area (Å²) in [7, 11) is 0. The summed E-state index contributed by atoms with van der Waals surface area (Å²) in [6.07, 6.45) is 2.64. The third-order valence-electron chi connectivity index (χ3n) is 4.95. The number of carbonyl (C=O) groups excluding carboxylic acids is 1. The van der Waals surface area contributed by atoms with Gasteiger partial charge in [0.15, 0.2) is 0 Å². The summed E-state index contributed by atoms with van der Waals surface area (Å²) in [6.45, 7) is 1.13. The lowest BCUT2D eigenvalue weighted by atomic mass is 10.2. The van der Waals surface area contributed by atoms with E-state index in [1.807, 2.05) is 30.3 Å². The molecule has 2 heterocycles. The van der Waals surface area contributed by atoms with E-state index in [9.17, 15) is 9.18 Å². The molecule has 1 fully saturated rings. The average molecular weight is 395 g/mol. The van der Waals surface area contributed by atoms with Gasteiger partial charge in [-0.25, -0.2) is 4.39 Å². The van der Waals surface area contributed by atoms with Crippen LogP contribution in [0, 0.1) is 5.82 Å². The Labute approximate surface area is 168 Å². The Bertz CT molecular complexity index is 961. The standard InChI is InChI=1S/C22H22FN3O3/c23-18-11-5-4-10-17(18)21-24-25-22(29-21)19-12-6-14-26(19)20(27)13-7-15-28-16-8-2-1-3-9-16/h1-5,8-11,19H,6-7,12-15H2. The Morgan fingerprint density at radius 1 is 1.14 bits per heavy atom. The number of hydrogen-bond donors (Lipinski definition) is 0. The molecule has 4 rings (SSSR count). The predicted octanol–water partition coefficient (Wildman–Crippen LogP) is 4.40. The SMILES string of the molecule is O=C(CCCOc1ccccc1)N1CCCC1c1nnc(-c2ccccc2F)o1. The zero-order valence-corrected chi connectivity index (χ0v) is 16.0. The topological polar surface area (TPSA) is 68.5 Å². The van der Waals surface area contributed by atoms with E-state index in [2.05, 4.69) is 10.2 Å². The molecule has 0 bridgehead atoms. The Morgan fingerprint density at radius 3 is 2.76 bits per heavy atom. The Morgan fingerprint density at radius 2 is 1.93 bits per heavy atom. The number of amides is 1. The minimum atomic E-state index is -0.416. The Balaban J connectivity index is 1.35. The van der Waals surface area contributed by atoms with E-state index in [0.29, 0.717) is 31.9 Å². The second-order valence-corrected chi connectivity index (χ2v) is 6.94. The van der Waals surface area contributed by atoms with E-state index in [4.69, 9.17) is 9.15 Å². The zero-order valence-electron chi connectivity index (χ0n) is 16.0. The fourth-order valence-electron chi connectivity index (χ4n) is 3.51. The van der Waals surface area contributed by atoms with Crippen molar-refractivity contribution >= 4 is 5.91 Å². The van der Waals surface area contributed by atoms with E-state index >= 15 is 0 Å². The van der Waals surface area contributed by atoms with E-state index in [1.165, 1.54) is 6.07 Å². The van der Waals surface area contributed by atoms with Gasteiger partial charge in [-0.3, -0.25) is 4.79 Å². The van der Waals surface area contributed by atoms with Crippen LogP contribution in [-0.2, 0) is 4.79 Å². The quantitative estimate of drug-likeness (QED) is 0.555. The molecule has 6 nitrogen and oxygen atoms in total. The van der Waals surface area contributed by atoms with Crippen molar-refractivity contribution in [1.29, 1.82) is 0 Å². The molecule has 0 N–H and O–H groups in total. The fraction of sp³-hybridized carbons (Fsp3) is 0.318. The fourth-order valence-corrected chi connectivity index (χ4v) is 3.51. The summed E-state index contributed by atoms with van der Waals surface area (Å²) >= 11 is 0. The van der Waals surface area contributed by atoms with Crippen LogP contribution < -0.4 is 4.74 Å². The average Bonchev–Trinajstić information content (AvgIpc) is 3.41. The molecule has 29 heavy (non-hydrogen) atoms. The predicted molar refractivity (Wildman–Crippen MR) is 105 cm³/mol. The highest BCUT2D eigenvalue weighted by atomic mass is 19.1. The summed E-state index contributed by atoms with van der Waals surface area (Å²) in [5.41, 5.74) is 0.264. The summed E-state index contributed by atoms with van der Waals surface area (Å²) in [5, 5.41) is 8.06. The van der Waals surface area contributed by atoms with Crippen LogP contribution in [-0.4, -0.2) is 34.2 Å². The second kappa shape index (κ2) is 8.86. The smallest absolute Gasteiger partial charge is 0.250 e. The summed E-state index contributed by atoms with van der Waals surface area (Å²) < 4.78 is 25.3. The first kappa shape index (κ1) is 19.1. The first-order valence-corrected chi connectivity index (χ1v) is 9.78. The summed E-state index contributed by atoms with van der Waals surface area (Å²) in [5.74, 6) is 0.907. The van der Waals surface area contributed by atoms with Crippen molar-refractivity contribution in [2.24, 2.45) is 0 Å². The summed E-state index contributed by atoms with van der Waals surface area (Å²) in [4.78, 5) is 14.5. The van der Waals surface area contributed by atoms with Crippen molar-refractivity contribution in [3.8, 4) is 17.2 Å². The van der Waals surface area contributed by atoms with Gasteiger partial charge in [-0.15, -0.1) is 10.2 Å².